The highest BCUT2D eigenvalue weighted by Crippen LogP contribution is 2.35. The number of ether oxygens (including phenoxy) is 1. The molecule has 2 heterocycles. The van der Waals surface area contributed by atoms with Gasteiger partial charge in [-0.3, -0.25) is 14.2 Å². The molecule has 142 valence electrons. The Morgan fingerprint density at radius 3 is 2.56 bits per heavy atom. The lowest BCUT2D eigenvalue weighted by Crippen LogP contribution is -2.27. The quantitative estimate of drug-likeness (QED) is 0.620. The average Bonchev–Trinajstić information content (AvgIpc) is 2.96. The van der Waals surface area contributed by atoms with E-state index in [4.69, 9.17) is 9.72 Å². The van der Waals surface area contributed by atoms with Crippen LogP contribution < -0.4 is 5.56 Å². The largest absolute Gasteiger partial charge is 0.384 e. The van der Waals surface area contributed by atoms with E-state index in [-0.39, 0.29) is 11.3 Å². The highest BCUT2D eigenvalue weighted by Gasteiger charge is 2.19. The number of methoxy groups -OCH3 is 1. The summed E-state index contributed by atoms with van der Waals surface area (Å²) < 4.78 is 6.81. The van der Waals surface area contributed by atoms with Crippen LogP contribution >= 0.6 is 11.3 Å². The maximum Gasteiger partial charge on any atom is 0.262 e. The lowest BCUT2D eigenvalue weighted by molar-refractivity contribution is -0.117. The molecule has 0 saturated carbocycles. The van der Waals surface area contributed by atoms with E-state index < -0.39 is 0 Å². The van der Waals surface area contributed by atoms with E-state index in [0.717, 1.165) is 20.8 Å². The second-order valence-electron chi connectivity index (χ2n) is 6.76. The predicted octanol–water partition coefficient (Wildman–Crippen LogP) is 3.91. The van der Waals surface area contributed by atoms with Gasteiger partial charge in [0.2, 0.25) is 0 Å². The van der Waals surface area contributed by atoms with Crippen molar-refractivity contribution in [3.63, 3.8) is 0 Å². The van der Waals surface area contributed by atoms with Crippen LogP contribution in [0, 0.1) is 13.8 Å². The van der Waals surface area contributed by atoms with Gasteiger partial charge < -0.3 is 4.74 Å². The van der Waals surface area contributed by atoms with Crippen molar-refractivity contribution in [1.29, 1.82) is 0 Å². The summed E-state index contributed by atoms with van der Waals surface area (Å²) in [6.45, 7) is 6.43. The molecule has 0 N–H and O–H groups in total. The Labute approximate surface area is 162 Å². The first-order valence-corrected chi connectivity index (χ1v) is 9.82. The van der Waals surface area contributed by atoms with E-state index in [9.17, 15) is 9.59 Å². The van der Waals surface area contributed by atoms with Gasteiger partial charge >= 0.3 is 0 Å². The molecule has 1 aromatic carbocycles. The Bertz CT molecular complexity index is 1030. The number of nitrogens with zero attached hydrogens (tertiary/aromatic N) is 2. The molecule has 0 aliphatic heterocycles. The van der Waals surface area contributed by atoms with Gasteiger partial charge in [0.1, 0.15) is 16.4 Å². The van der Waals surface area contributed by atoms with Crippen molar-refractivity contribution in [3.8, 4) is 11.1 Å². The Hall–Kier alpha value is -2.31. The normalized spacial score (nSPS) is 11.3. The summed E-state index contributed by atoms with van der Waals surface area (Å²) in [4.78, 5) is 31.4. The lowest BCUT2D eigenvalue weighted by Gasteiger charge is -2.12. The third-order valence-corrected chi connectivity index (χ3v) is 5.62. The molecule has 27 heavy (non-hydrogen) atoms. The fourth-order valence-electron chi connectivity index (χ4n) is 3.19. The molecule has 0 bridgehead atoms. The number of carbonyl (C=O) groups is 1. The van der Waals surface area contributed by atoms with E-state index in [1.54, 1.807) is 23.0 Å². The molecule has 2 aromatic heterocycles. The third kappa shape index (κ3) is 4.01. The molecule has 0 aliphatic carbocycles. The van der Waals surface area contributed by atoms with Gasteiger partial charge in [0, 0.05) is 36.9 Å². The Balaban J connectivity index is 2.23. The van der Waals surface area contributed by atoms with E-state index >= 15 is 0 Å². The molecule has 6 heteroatoms. The number of hydrogen-bond donors (Lipinski definition) is 0. The number of carbonyl (C=O) groups excluding carboxylic acids is 1. The van der Waals surface area contributed by atoms with E-state index in [0.29, 0.717) is 37.2 Å². The first-order valence-electron chi connectivity index (χ1n) is 9.00. The molecular weight excluding hydrogens is 360 g/mol. The molecule has 3 aromatic rings. The Kier molecular flexibility index (Phi) is 5.87. The molecule has 0 atom stereocenters. The van der Waals surface area contributed by atoms with Crippen molar-refractivity contribution in [1.82, 2.24) is 9.55 Å². The van der Waals surface area contributed by atoms with E-state index in [2.05, 4.69) is 0 Å². The van der Waals surface area contributed by atoms with Crippen molar-refractivity contribution >= 4 is 27.3 Å². The summed E-state index contributed by atoms with van der Waals surface area (Å²) in [5.41, 5.74) is 3.07. The molecule has 3 rings (SSSR count). The van der Waals surface area contributed by atoms with E-state index in [1.807, 2.05) is 38.1 Å². The van der Waals surface area contributed by atoms with Crippen molar-refractivity contribution in [3.05, 3.63) is 50.9 Å². The van der Waals surface area contributed by atoms with Gasteiger partial charge in [0.15, 0.2) is 0 Å². The maximum absolute atomic E-state index is 13.4. The average molecular weight is 385 g/mol. The molecular formula is C21H24N2O3S. The fourth-order valence-corrected chi connectivity index (χ4v) is 4.24. The van der Waals surface area contributed by atoms with Gasteiger partial charge in [-0.1, -0.05) is 29.8 Å². The lowest BCUT2D eigenvalue weighted by atomic mass is 10.0. The Morgan fingerprint density at radius 2 is 1.93 bits per heavy atom. The number of Topliss-reactive ketones (excluding diaryl/α,β-unsaturated/α-hetero) is 1. The molecule has 0 unspecified atom stereocenters. The maximum atomic E-state index is 13.4. The molecule has 0 radical (unpaired) electrons. The zero-order valence-electron chi connectivity index (χ0n) is 16.2. The number of hydrogen-bond acceptors (Lipinski definition) is 5. The standard InChI is InChI=1S/C21H24N2O3S/c1-13-5-7-16(8-6-13)18-15(3)27-20-19(18)21(25)23(11-9-14(2)24)17(22-20)10-12-26-4/h5-8H,9-12H2,1-4H3. The van der Waals surface area contributed by atoms with Crippen molar-refractivity contribution in [2.75, 3.05) is 13.7 Å². The van der Waals surface area contributed by atoms with Crippen LogP contribution in [0.3, 0.4) is 0 Å². The SMILES string of the molecule is COCCc1nc2sc(C)c(-c3ccc(C)cc3)c2c(=O)n1CCC(C)=O. The number of benzene rings is 1. The minimum absolute atomic E-state index is 0.0555. The number of thiophene rings is 1. The van der Waals surface area contributed by atoms with Gasteiger partial charge in [-0.2, -0.15) is 0 Å². The smallest absolute Gasteiger partial charge is 0.262 e. The second-order valence-corrected chi connectivity index (χ2v) is 7.96. The van der Waals surface area contributed by atoms with Gasteiger partial charge in [0.05, 0.1) is 12.0 Å². The zero-order valence-corrected chi connectivity index (χ0v) is 17.0. The molecule has 0 fully saturated rings. The first-order chi connectivity index (χ1) is 12.9. The highest BCUT2D eigenvalue weighted by molar-refractivity contribution is 7.19. The van der Waals surface area contributed by atoms with Crippen LogP contribution in [-0.4, -0.2) is 29.1 Å². The number of aryl methyl sites for hydroxylation is 2. The third-order valence-electron chi connectivity index (χ3n) is 4.62. The molecule has 0 spiro atoms. The summed E-state index contributed by atoms with van der Waals surface area (Å²) in [6, 6.07) is 8.18. The van der Waals surface area contributed by atoms with Gasteiger partial charge in [-0.05, 0) is 26.3 Å². The number of rotatable bonds is 7. The Morgan fingerprint density at radius 1 is 1.22 bits per heavy atom. The van der Waals surface area contributed by atoms with Gasteiger partial charge in [-0.25, -0.2) is 4.98 Å². The van der Waals surface area contributed by atoms with Crippen LogP contribution in [-0.2, 0) is 22.5 Å². The second kappa shape index (κ2) is 8.15. The zero-order chi connectivity index (χ0) is 19.6. The number of ketones is 1. The highest BCUT2D eigenvalue weighted by atomic mass is 32.1. The summed E-state index contributed by atoms with van der Waals surface area (Å²) in [6.07, 6.45) is 0.854. The summed E-state index contributed by atoms with van der Waals surface area (Å²) in [5.74, 6) is 0.729. The minimum Gasteiger partial charge on any atom is -0.384 e. The van der Waals surface area contributed by atoms with Crippen LogP contribution in [0.15, 0.2) is 29.1 Å². The van der Waals surface area contributed by atoms with Crippen molar-refractivity contribution in [2.24, 2.45) is 0 Å². The van der Waals surface area contributed by atoms with Crippen molar-refractivity contribution in [2.45, 2.75) is 40.2 Å². The number of fused-ring (bicyclic) bond motifs is 1. The van der Waals surface area contributed by atoms with Crippen LogP contribution in [0.1, 0.15) is 29.6 Å². The van der Waals surface area contributed by atoms with Crippen LogP contribution in [0.25, 0.3) is 21.3 Å². The van der Waals surface area contributed by atoms with Gasteiger partial charge in [0.25, 0.3) is 5.56 Å². The summed E-state index contributed by atoms with van der Waals surface area (Å²) in [7, 11) is 1.63. The first kappa shape index (κ1) is 19.5. The van der Waals surface area contributed by atoms with Gasteiger partial charge in [-0.15, -0.1) is 11.3 Å². The molecule has 0 amide bonds. The van der Waals surface area contributed by atoms with Crippen molar-refractivity contribution < 1.29 is 9.53 Å². The minimum atomic E-state index is -0.0766. The summed E-state index contributed by atoms with van der Waals surface area (Å²) >= 11 is 1.54. The molecule has 0 saturated heterocycles. The van der Waals surface area contributed by atoms with E-state index in [1.165, 1.54) is 12.5 Å². The fraction of sp³-hybridized carbons (Fsp3) is 0.381. The monoisotopic (exact) mass is 384 g/mol. The molecule has 0 aliphatic rings. The number of aromatic nitrogens is 2. The van der Waals surface area contributed by atoms with Crippen LogP contribution in [0.4, 0.5) is 0 Å². The predicted molar refractivity (Wildman–Crippen MR) is 110 cm³/mol. The topological polar surface area (TPSA) is 61.2 Å². The van der Waals surface area contributed by atoms with Crippen LogP contribution in [0.2, 0.25) is 0 Å². The molecule has 5 nitrogen and oxygen atoms in total. The van der Waals surface area contributed by atoms with Crippen LogP contribution in [0.5, 0.6) is 0 Å². The summed E-state index contributed by atoms with van der Waals surface area (Å²) in [5, 5.41) is 0.645.